The summed E-state index contributed by atoms with van der Waals surface area (Å²) in [7, 11) is 1.91. The summed E-state index contributed by atoms with van der Waals surface area (Å²) < 4.78 is 2.87. The van der Waals surface area contributed by atoms with Gasteiger partial charge in [0.25, 0.3) is 0 Å². The highest BCUT2D eigenvalue weighted by Gasteiger charge is 2.25. The Hall–Kier alpha value is -1.71. The van der Waals surface area contributed by atoms with Crippen LogP contribution in [-0.4, -0.2) is 40.1 Å². The predicted octanol–water partition coefficient (Wildman–Crippen LogP) is 2.00. The lowest BCUT2D eigenvalue weighted by atomic mass is 10.0. The number of hydrogen-bond donors (Lipinski definition) is 3. The number of piperidine rings is 1. The molecule has 1 aromatic heterocycles. The molecule has 1 amide bonds. The zero-order valence-corrected chi connectivity index (χ0v) is 14.4. The Morgan fingerprint density at radius 3 is 3.05 bits per heavy atom. The Balaban J connectivity index is 2.01. The quantitative estimate of drug-likeness (QED) is 0.515. The second-order valence-corrected chi connectivity index (χ2v) is 6.57. The second-order valence-electron chi connectivity index (χ2n) is 5.55. The van der Waals surface area contributed by atoms with Crippen LogP contribution in [0.3, 0.4) is 0 Å². The first-order chi connectivity index (χ1) is 10.5. The van der Waals surface area contributed by atoms with Crippen molar-refractivity contribution in [2.75, 3.05) is 23.7 Å². The van der Waals surface area contributed by atoms with Crippen molar-refractivity contribution in [3.8, 4) is 0 Å². The number of fused-ring (bicyclic) bond motifs is 1. The Morgan fingerprint density at radius 1 is 1.55 bits per heavy atom. The molecule has 1 saturated heterocycles. The molecule has 1 aromatic carbocycles. The third kappa shape index (κ3) is 2.67. The standard InChI is InChI=1S/C14H18IN5O2/c1-19-13(15)11-10(18-19)5-4-9(16)12(11)20-6-2-3-8(7-20)17-14(21)22/h4-5,8,17H,2-3,6-7,16H2,1H3,(H,21,22)/t8-/m1/s1. The molecule has 1 aliphatic rings. The molecule has 7 nitrogen and oxygen atoms in total. The highest BCUT2D eigenvalue weighted by atomic mass is 127. The third-order valence-electron chi connectivity index (χ3n) is 4.00. The SMILES string of the molecule is Cn1nc2ccc(N)c(N3CCC[C@@H](NC(=O)O)C3)c2c1I. The lowest BCUT2D eigenvalue weighted by Gasteiger charge is -2.35. The van der Waals surface area contributed by atoms with Gasteiger partial charge in [-0.2, -0.15) is 5.10 Å². The Labute approximate surface area is 141 Å². The van der Waals surface area contributed by atoms with Crippen LogP contribution in [0, 0.1) is 3.70 Å². The minimum absolute atomic E-state index is 0.0739. The van der Waals surface area contributed by atoms with Crippen molar-refractivity contribution in [1.82, 2.24) is 15.1 Å². The second kappa shape index (κ2) is 5.82. The molecule has 2 aromatic rings. The fraction of sp³-hybridized carbons (Fsp3) is 0.429. The van der Waals surface area contributed by atoms with Gasteiger partial charge in [0.05, 0.1) is 22.3 Å². The summed E-state index contributed by atoms with van der Waals surface area (Å²) >= 11 is 2.27. The van der Waals surface area contributed by atoms with Gasteiger partial charge in [0, 0.05) is 26.2 Å². The van der Waals surface area contributed by atoms with E-state index in [1.807, 2.05) is 23.9 Å². The van der Waals surface area contributed by atoms with Crippen LogP contribution in [0.2, 0.25) is 0 Å². The van der Waals surface area contributed by atoms with E-state index in [1.54, 1.807) is 0 Å². The zero-order chi connectivity index (χ0) is 15.9. The Bertz CT molecular complexity index is 730. The summed E-state index contributed by atoms with van der Waals surface area (Å²) in [6, 6.07) is 3.72. The molecule has 118 valence electrons. The number of aromatic nitrogens is 2. The minimum atomic E-state index is -0.978. The van der Waals surface area contributed by atoms with Crippen LogP contribution in [0.5, 0.6) is 0 Å². The molecule has 0 aliphatic carbocycles. The van der Waals surface area contributed by atoms with Gasteiger partial charge in [-0.25, -0.2) is 4.79 Å². The van der Waals surface area contributed by atoms with Crippen LogP contribution >= 0.6 is 22.6 Å². The van der Waals surface area contributed by atoms with Gasteiger partial charge >= 0.3 is 6.09 Å². The third-order valence-corrected chi connectivity index (χ3v) is 5.24. The van der Waals surface area contributed by atoms with Crippen molar-refractivity contribution in [2.24, 2.45) is 7.05 Å². The average Bonchev–Trinajstić information content (AvgIpc) is 2.74. The summed E-state index contributed by atoms with van der Waals surface area (Å²) in [6.45, 7) is 1.49. The molecule has 22 heavy (non-hydrogen) atoms. The fourth-order valence-corrected chi connectivity index (χ4v) is 3.70. The fourth-order valence-electron chi connectivity index (χ4n) is 3.06. The number of nitrogens with zero attached hydrogens (tertiary/aromatic N) is 3. The van der Waals surface area contributed by atoms with Crippen molar-refractivity contribution in [3.05, 3.63) is 15.8 Å². The number of nitrogens with two attached hydrogens (primary N) is 1. The maximum atomic E-state index is 10.9. The van der Waals surface area contributed by atoms with E-state index in [-0.39, 0.29) is 6.04 Å². The van der Waals surface area contributed by atoms with E-state index in [0.29, 0.717) is 12.2 Å². The predicted molar refractivity (Wildman–Crippen MR) is 94.2 cm³/mol. The molecular formula is C14H18IN5O2. The molecular weight excluding hydrogens is 397 g/mol. The lowest BCUT2D eigenvalue weighted by Crippen LogP contribution is -2.47. The number of anilines is 2. The number of carboxylic acid groups (broad SMARTS) is 1. The van der Waals surface area contributed by atoms with Crippen LogP contribution in [0.1, 0.15) is 12.8 Å². The van der Waals surface area contributed by atoms with Crippen molar-refractivity contribution in [2.45, 2.75) is 18.9 Å². The smallest absolute Gasteiger partial charge is 0.404 e. The van der Waals surface area contributed by atoms with E-state index in [0.717, 1.165) is 39.7 Å². The van der Waals surface area contributed by atoms with Gasteiger partial charge in [-0.1, -0.05) is 0 Å². The van der Waals surface area contributed by atoms with Crippen molar-refractivity contribution in [3.63, 3.8) is 0 Å². The molecule has 0 bridgehead atoms. The number of nitrogens with one attached hydrogen (secondary N) is 1. The molecule has 0 saturated carbocycles. The van der Waals surface area contributed by atoms with Gasteiger partial charge in [-0.3, -0.25) is 4.68 Å². The van der Waals surface area contributed by atoms with Crippen molar-refractivity contribution < 1.29 is 9.90 Å². The number of nitrogen functional groups attached to an aromatic ring is 1. The first-order valence-corrected chi connectivity index (χ1v) is 8.20. The molecule has 1 aliphatic heterocycles. The Morgan fingerprint density at radius 2 is 2.32 bits per heavy atom. The number of hydrogen-bond acceptors (Lipinski definition) is 4. The highest BCUT2D eigenvalue weighted by Crippen LogP contribution is 2.36. The number of aryl methyl sites for hydroxylation is 1. The molecule has 3 rings (SSSR count). The summed E-state index contributed by atoms with van der Waals surface area (Å²) in [5.41, 5.74) is 8.80. The molecule has 4 N–H and O–H groups in total. The molecule has 0 spiro atoms. The van der Waals surface area contributed by atoms with Crippen LogP contribution in [0.15, 0.2) is 12.1 Å². The molecule has 0 radical (unpaired) electrons. The normalized spacial score (nSPS) is 18.6. The van der Waals surface area contributed by atoms with Crippen LogP contribution < -0.4 is 16.0 Å². The first-order valence-electron chi connectivity index (χ1n) is 7.12. The largest absolute Gasteiger partial charge is 0.465 e. The first kappa shape index (κ1) is 15.2. The van der Waals surface area contributed by atoms with E-state index >= 15 is 0 Å². The van der Waals surface area contributed by atoms with Gasteiger partial charge in [-0.05, 0) is 47.6 Å². The highest BCUT2D eigenvalue weighted by molar-refractivity contribution is 14.1. The lowest BCUT2D eigenvalue weighted by molar-refractivity contribution is 0.188. The monoisotopic (exact) mass is 415 g/mol. The number of halogens is 1. The molecule has 2 heterocycles. The van der Waals surface area contributed by atoms with Crippen molar-refractivity contribution in [1.29, 1.82) is 0 Å². The van der Waals surface area contributed by atoms with E-state index in [1.165, 1.54) is 0 Å². The number of carbonyl (C=O) groups is 1. The maximum absolute atomic E-state index is 10.9. The number of rotatable bonds is 2. The molecule has 0 unspecified atom stereocenters. The van der Waals surface area contributed by atoms with Gasteiger partial charge in [-0.15, -0.1) is 0 Å². The summed E-state index contributed by atoms with van der Waals surface area (Å²) in [5.74, 6) is 0. The van der Waals surface area contributed by atoms with Gasteiger partial charge < -0.3 is 21.1 Å². The number of amides is 1. The summed E-state index contributed by atoms with van der Waals surface area (Å²) in [5, 5.41) is 17.0. The van der Waals surface area contributed by atoms with E-state index < -0.39 is 6.09 Å². The molecule has 8 heteroatoms. The average molecular weight is 415 g/mol. The topological polar surface area (TPSA) is 96.4 Å². The van der Waals surface area contributed by atoms with Crippen LogP contribution in [0.25, 0.3) is 10.9 Å². The van der Waals surface area contributed by atoms with Gasteiger partial charge in [0.2, 0.25) is 0 Å². The van der Waals surface area contributed by atoms with Gasteiger partial charge in [0.1, 0.15) is 3.70 Å². The van der Waals surface area contributed by atoms with E-state index in [4.69, 9.17) is 10.8 Å². The number of benzene rings is 1. The Kier molecular flexibility index (Phi) is 4.02. The van der Waals surface area contributed by atoms with Crippen molar-refractivity contribution >= 4 is 51.0 Å². The van der Waals surface area contributed by atoms with E-state index in [9.17, 15) is 4.79 Å². The van der Waals surface area contributed by atoms with Crippen LogP contribution in [0.4, 0.5) is 16.2 Å². The minimum Gasteiger partial charge on any atom is -0.465 e. The molecule has 1 fully saturated rings. The van der Waals surface area contributed by atoms with Gasteiger partial charge in [0.15, 0.2) is 0 Å². The summed E-state index contributed by atoms with van der Waals surface area (Å²) in [4.78, 5) is 13.1. The summed E-state index contributed by atoms with van der Waals surface area (Å²) in [6.07, 6.45) is 0.800. The zero-order valence-electron chi connectivity index (χ0n) is 12.2. The van der Waals surface area contributed by atoms with Crippen LogP contribution in [-0.2, 0) is 7.05 Å². The maximum Gasteiger partial charge on any atom is 0.404 e. The molecule has 1 atom stereocenters. The van der Waals surface area contributed by atoms with E-state index in [2.05, 4.69) is 37.9 Å².